The van der Waals surface area contributed by atoms with Crippen LogP contribution in [0.4, 0.5) is 0 Å². The summed E-state index contributed by atoms with van der Waals surface area (Å²) in [6.45, 7) is 5.09. The van der Waals surface area contributed by atoms with Gasteiger partial charge in [0.2, 0.25) is 0 Å². The number of nitrogens with one attached hydrogen (secondary N) is 1. The van der Waals surface area contributed by atoms with Gasteiger partial charge in [0.25, 0.3) is 0 Å². The molecular formula is C13H14Cl2N2S. The van der Waals surface area contributed by atoms with Crippen molar-refractivity contribution in [3.63, 3.8) is 0 Å². The largest absolute Gasteiger partial charge is 0.309 e. The summed E-state index contributed by atoms with van der Waals surface area (Å²) in [4.78, 5) is 4.61. The van der Waals surface area contributed by atoms with Crippen molar-refractivity contribution >= 4 is 34.5 Å². The fraction of sp³-hybridized carbons (Fsp3) is 0.308. The van der Waals surface area contributed by atoms with Gasteiger partial charge in [-0.25, -0.2) is 4.98 Å². The number of aromatic nitrogens is 1. The van der Waals surface area contributed by atoms with E-state index in [4.69, 9.17) is 23.2 Å². The smallest absolute Gasteiger partial charge is 0.126 e. The summed E-state index contributed by atoms with van der Waals surface area (Å²) < 4.78 is 0. The van der Waals surface area contributed by atoms with E-state index in [1.165, 1.54) is 0 Å². The van der Waals surface area contributed by atoms with Crippen LogP contribution in [0.2, 0.25) is 10.0 Å². The molecule has 1 atom stereocenters. The fourth-order valence-corrected chi connectivity index (χ4v) is 3.39. The van der Waals surface area contributed by atoms with E-state index in [0.717, 1.165) is 22.8 Å². The maximum absolute atomic E-state index is 6.18. The van der Waals surface area contributed by atoms with Gasteiger partial charge in [0, 0.05) is 17.0 Å². The molecule has 96 valence electrons. The maximum atomic E-state index is 6.18. The number of nitrogens with zero attached hydrogens (tertiary/aromatic N) is 1. The van der Waals surface area contributed by atoms with Gasteiger partial charge < -0.3 is 5.32 Å². The first-order chi connectivity index (χ1) is 8.63. The molecule has 2 aromatic rings. The Kier molecular flexibility index (Phi) is 4.62. The summed E-state index contributed by atoms with van der Waals surface area (Å²) in [5.74, 6) is 0. The predicted molar refractivity (Wildman–Crippen MR) is 79.7 cm³/mol. The second kappa shape index (κ2) is 6.02. The van der Waals surface area contributed by atoms with Gasteiger partial charge in [0.15, 0.2) is 0 Å². The summed E-state index contributed by atoms with van der Waals surface area (Å²) in [5, 5.41) is 7.52. The van der Waals surface area contributed by atoms with Crippen LogP contribution in [-0.2, 0) is 0 Å². The SMILES string of the molecule is CCNC(C)c1csc(-c2c(Cl)cccc2Cl)n1. The molecule has 1 N–H and O–H groups in total. The number of halogens is 2. The molecule has 1 aromatic carbocycles. The molecule has 2 nitrogen and oxygen atoms in total. The lowest BCUT2D eigenvalue weighted by molar-refractivity contribution is 0.587. The Balaban J connectivity index is 2.35. The van der Waals surface area contributed by atoms with Gasteiger partial charge in [-0.1, -0.05) is 36.2 Å². The maximum Gasteiger partial charge on any atom is 0.126 e. The summed E-state index contributed by atoms with van der Waals surface area (Å²) in [6.07, 6.45) is 0. The van der Waals surface area contributed by atoms with E-state index in [0.29, 0.717) is 10.0 Å². The van der Waals surface area contributed by atoms with Crippen LogP contribution in [0.25, 0.3) is 10.6 Å². The Morgan fingerprint density at radius 3 is 2.61 bits per heavy atom. The van der Waals surface area contributed by atoms with Crippen LogP contribution in [0, 0.1) is 0 Å². The van der Waals surface area contributed by atoms with Crippen LogP contribution in [0.5, 0.6) is 0 Å². The van der Waals surface area contributed by atoms with Crippen molar-refractivity contribution in [2.45, 2.75) is 19.9 Å². The van der Waals surface area contributed by atoms with Crippen molar-refractivity contribution in [1.82, 2.24) is 10.3 Å². The number of benzene rings is 1. The Labute approximate surface area is 121 Å². The molecule has 0 radical (unpaired) electrons. The zero-order chi connectivity index (χ0) is 13.1. The van der Waals surface area contributed by atoms with E-state index in [1.54, 1.807) is 11.3 Å². The molecule has 0 aliphatic heterocycles. The predicted octanol–water partition coefficient (Wildman–Crippen LogP) is 4.79. The molecule has 0 saturated heterocycles. The number of hydrogen-bond acceptors (Lipinski definition) is 3. The molecule has 0 spiro atoms. The molecule has 2 rings (SSSR count). The average Bonchev–Trinajstić information content (AvgIpc) is 2.78. The highest BCUT2D eigenvalue weighted by molar-refractivity contribution is 7.13. The van der Waals surface area contributed by atoms with Gasteiger partial charge in [-0.15, -0.1) is 11.3 Å². The minimum Gasteiger partial charge on any atom is -0.309 e. The van der Waals surface area contributed by atoms with Crippen LogP contribution in [0.1, 0.15) is 25.6 Å². The Hall–Kier alpha value is -0.610. The van der Waals surface area contributed by atoms with Crippen LogP contribution in [0.15, 0.2) is 23.6 Å². The summed E-state index contributed by atoms with van der Waals surface area (Å²) >= 11 is 13.9. The van der Waals surface area contributed by atoms with Crippen molar-refractivity contribution in [2.75, 3.05) is 6.54 Å². The van der Waals surface area contributed by atoms with E-state index in [2.05, 4.69) is 24.1 Å². The van der Waals surface area contributed by atoms with Gasteiger partial charge in [0.1, 0.15) is 5.01 Å². The second-order valence-corrected chi connectivity index (χ2v) is 5.63. The van der Waals surface area contributed by atoms with E-state index in [9.17, 15) is 0 Å². The van der Waals surface area contributed by atoms with Crippen LogP contribution < -0.4 is 5.32 Å². The minimum absolute atomic E-state index is 0.237. The van der Waals surface area contributed by atoms with Crippen LogP contribution in [-0.4, -0.2) is 11.5 Å². The zero-order valence-electron chi connectivity index (χ0n) is 10.2. The number of hydrogen-bond donors (Lipinski definition) is 1. The van der Waals surface area contributed by atoms with Crippen molar-refractivity contribution in [3.05, 3.63) is 39.3 Å². The third-order valence-electron chi connectivity index (χ3n) is 2.65. The molecule has 1 aromatic heterocycles. The molecule has 0 amide bonds. The highest BCUT2D eigenvalue weighted by Gasteiger charge is 2.14. The molecule has 1 unspecified atom stereocenters. The van der Waals surface area contributed by atoms with E-state index in [1.807, 2.05) is 23.6 Å². The first-order valence-corrected chi connectivity index (χ1v) is 7.40. The highest BCUT2D eigenvalue weighted by Crippen LogP contribution is 2.36. The van der Waals surface area contributed by atoms with E-state index in [-0.39, 0.29) is 6.04 Å². The first-order valence-electron chi connectivity index (χ1n) is 5.76. The minimum atomic E-state index is 0.237. The lowest BCUT2D eigenvalue weighted by Gasteiger charge is -2.08. The summed E-state index contributed by atoms with van der Waals surface area (Å²) in [7, 11) is 0. The van der Waals surface area contributed by atoms with Gasteiger partial charge >= 0.3 is 0 Å². The molecular weight excluding hydrogens is 287 g/mol. The normalized spacial score (nSPS) is 12.7. The highest BCUT2D eigenvalue weighted by atomic mass is 35.5. The quantitative estimate of drug-likeness (QED) is 0.878. The summed E-state index contributed by atoms with van der Waals surface area (Å²) in [5.41, 5.74) is 1.84. The molecule has 0 aliphatic carbocycles. The van der Waals surface area contributed by atoms with Crippen LogP contribution >= 0.6 is 34.5 Å². The van der Waals surface area contributed by atoms with Crippen molar-refractivity contribution in [3.8, 4) is 10.6 Å². The average molecular weight is 301 g/mol. The van der Waals surface area contributed by atoms with E-state index >= 15 is 0 Å². The topological polar surface area (TPSA) is 24.9 Å². The van der Waals surface area contributed by atoms with E-state index < -0.39 is 0 Å². The molecule has 0 saturated carbocycles. The fourth-order valence-electron chi connectivity index (χ4n) is 1.71. The Morgan fingerprint density at radius 2 is 2.00 bits per heavy atom. The van der Waals surface area contributed by atoms with Crippen molar-refractivity contribution in [1.29, 1.82) is 0 Å². The van der Waals surface area contributed by atoms with Crippen molar-refractivity contribution < 1.29 is 0 Å². The monoisotopic (exact) mass is 300 g/mol. The third kappa shape index (κ3) is 2.86. The Bertz CT molecular complexity index is 519. The van der Waals surface area contributed by atoms with Crippen molar-refractivity contribution in [2.24, 2.45) is 0 Å². The lowest BCUT2D eigenvalue weighted by atomic mass is 10.2. The first kappa shape index (κ1) is 13.8. The second-order valence-electron chi connectivity index (χ2n) is 3.95. The molecule has 0 fully saturated rings. The standard InChI is InChI=1S/C13H14Cl2N2S/c1-3-16-8(2)11-7-18-13(17-11)12-9(14)5-4-6-10(12)15/h4-8,16H,3H2,1-2H3. The third-order valence-corrected chi connectivity index (χ3v) is 4.16. The van der Waals surface area contributed by atoms with Gasteiger partial charge in [-0.3, -0.25) is 0 Å². The molecule has 0 aliphatic rings. The lowest BCUT2D eigenvalue weighted by Crippen LogP contribution is -2.17. The molecule has 0 bridgehead atoms. The number of rotatable bonds is 4. The molecule has 18 heavy (non-hydrogen) atoms. The van der Waals surface area contributed by atoms with Gasteiger partial charge in [0.05, 0.1) is 15.7 Å². The van der Waals surface area contributed by atoms with Crippen LogP contribution in [0.3, 0.4) is 0 Å². The molecule has 5 heteroatoms. The zero-order valence-corrected chi connectivity index (χ0v) is 12.5. The Morgan fingerprint density at radius 1 is 1.33 bits per heavy atom. The molecule has 1 heterocycles. The summed E-state index contributed by atoms with van der Waals surface area (Å²) in [6, 6.07) is 5.74. The van der Waals surface area contributed by atoms with Gasteiger partial charge in [-0.05, 0) is 25.6 Å². The number of thiazole rings is 1. The van der Waals surface area contributed by atoms with Gasteiger partial charge in [-0.2, -0.15) is 0 Å².